The molecule has 132 valence electrons. The molecule has 25 heavy (non-hydrogen) atoms. The molecule has 1 aromatic carbocycles. The molecule has 1 fully saturated rings. The first-order valence-corrected chi connectivity index (χ1v) is 8.50. The minimum absolute atomic E-state index is 0.294. The van der Waals surface area contributed by atoms with E-state index in [1.54, 1.807) is 6.07 Å². The minimum Gasteiger partial charge on any atom is -0.368 e. The summed E-state index contributed by atoms with van der Waals surface area (Å²) in [5.74, 6) is 1.69. The number of aryl methyl sites for hydroxylation is 1. The van der Waals surface area contributed by atoms with Crippen LogP contribution in [0.1, 0.15) is 29.0 Å². The van der Waals surface area contributed by atoms with Gasteiger partial charge in [-0.15, -0.1) is 0 Å². The van der Waals surface area contributed by atoms with Crippen LogP contribution in [0.5, 0.6) is 0 Å². The Balaban J connectivity index is 1.51. The van der Waals surface area contributed by atoms with Gasteiger partial charge in [-0.25, -0.2) is 14.4 Å². The Labute approximate surface area is 146 Å². The number of carbonyl (C=O) groups is 1. The average Bonchev–Trinajstić information content (AvgIpc) is 3.13. The van der Waals surface area contributed by atoms with Crippen LogP contribution < -0.4 is 15.5 Å². The zero-order valence-corrected chi connectivity index (χ0v) is 14.3. The summed E-state index contributed by atoms with van der Waals surface area (Å²) in [6.07, 6.45) is 2.38. The third kappa shape index (κ3) is 4.65. The van der Waals surface area contributed by atoms with Crippen molar-refractivity contribution in [3.05, 3.63) is 47.5 Å². The molecule has 1 saturated heterocycles. The number of hydrogen-bond donors (Lipinski definition) is 2. The molecule has 0 unspecified atom stereocenters. The summed E-state index contributed by atoms with van der Waals surface area (Å²) in [6.45, 7) is 4.87. The summed E-state index contributed by atoms with van der Waals surface area (Å²) in [6, 6.07) is 7.58. The van der Waals surface area contributed by atoms with E-state index < -0.39 is 5.82 Å². The summed E-state index contributed by atoms with van der Waals surface area (Å²) in [5, 5.41) is 5.96. The Hall–Kier alpha value is -2.70. The van der Waals surface area contributed by atoms with E-state index in [4.69, 9.17) is 0 Å². The highest BCUT2D eigenvalue weighted by Crippen LogP contribution is 2.20. The Bertz CT molecular complexity index is 746. The monoisotopic (exact) mass is 343 g/mol. The molecule has 1 aromatic heterocycles. The number of hydrogen-bond acceptors (Lipinski definition) is 5. The van der Waals surface area contributed by atoms with Crippen molar-refractivity contribution in [2.24, 2.45) is 0 Å². The third-order valence-corrected chi connectivity index (χ3v) is 4.06. The molecular formula is C18H22FN5O. The fraction of sp³-hybridized carbons (Fsp3) is 0.389. The van der Waals surface area contributed by atoms with Crippen LogP contribution in [0.4, 0.5) is 16.0 Å². The molecule has 2 aromatic rings. The minimum atomic E-state index is -0.420. The number of halogens is 1. The van der Waals surface area contributed by atoms with E-state index in [2.05, 4.69) is 25.5 Å². The predicted octanol–water partition coefficient (Wildman–Crippen LogP) is 2.37. The average molecular weight is 343 g/mol. The number of carbonyl (C=O) groups excluding carboxylic acids is 1. The van der Waals surface area contributed by atoms with E-state index in [-0.39, 0.29) is 5.91 Å². The van der Waals surface area contributed by atoms with Gasteiger partial charge >= 0.3 is 0 Å². The van der Waals surface area contributed by atoms with E-state index in [1.807, 2.05) is 13.0 Å². The summed E-state index contributed by atoms with van der Waals surface area (Å²) in [4.78, 5) is 23.1. The van der Waals surface area contributed by atoms with Crippen LogP contribution in [0.15, 0.2) is 30.3 Å². The van der Waals surface area contributed by atoms with Gasteiger partial charge < -0.3 is 15.5 Å². The Kier molecular flexibility index (Phi) is 5.42. The molecule has 0 bridgehead atoms. The molecular weight excluding hydrogens is 321 g/mol. The van der Waals surface area contributed by atoms with Gasteiger partial charge in [-0.3, -0.25) is 4.79 Å². The molecule has 1 amide bonds. The van der Waals surface area contributed by atoms with Crippen LogP contribution in [0.2, 0.25) is 0 Å². The lowest BCUT2D eigenvalue weighted by atomic mass is 10.2. The highest BCUT2D eigenvalue weighted by atomic mass is 19.1. The molecule has 0 atom stereocenters. The van der Waals surface area contributed by atoms with Crippen molar-refractivity contribution in [3.8, 4) is 0 Å². The topological polar surface area (TPSA) is 70.2 Å². The number of nitrogens with zero attached hydrogens (tertiary/aromatic N) is 3. The van der Waals surface area contributed by atoms with Gasteiger partial charge in [0, 0.05) is 37.8 Å². The van der Waals surface area contributed by atoms with Gasteiger partial charge in [0.1, 0.15) is 23.3 Å². The van der Waals surface area contributed by atoms with E-state index in [0.29, 0.717) is 18.7 Å². The summed E-state index contributed by atoms with van der Waals surface area (Å²) < 4.78 is 13.1. The molecule has 1 aliphatic heterocycles. The maximum Gasteiger partial charge on any atom is 0.251 e. The van der Waals surface area contributed by atoms with Gasteiger partial charge in [-0.05, 0) is 38.0 Å². The number of anilines is 2. The van der Waals surface area contributed by atoms with Crippen LogP contribution in [0.3, 0.4) is 0 Å². The number of aromatic nitrogens is 2. The SMILES string of the molecule is Cc1nc(NCCNC(=O)c2cccc(F)c2)cc(N2CCCC2)n1. The molecule has 3 rings (SSSR count). The maximum absolute atomic E-state index is 13.1. The second-order valence-electron chi connectivity index (χ2n) is 6.05. The zero-order valence-electron chi connectivity index (χ0n) is 14.3. The van der Waals surface area contributed by atoms with Crippen molar-refractivity contribution in [2.45, 2.75) is 19.8 Å². The van der Waals surface area contributed by atoms with Crippen LogP contribution in [0, 0.1) is 12.7 Å². The first-order chi connectivity index (χ1) is 12.1. The molecule has 2 N–H and O–H groups in total. The predicted molar refractivity (Wildman–Crippen MR) is 95.4 cm³/mol. The van der Waals surface area contributed by atoms with Gasteiger partial charge in [0.2, 0.25) is 0 Å². The van der Waals surface area contributed by atoms with E-state index >= 15 is 0 Å². The molecule has 6 nitrogen and oxygen atoms in total. The molecule has 0 radical (unpaired) electrons. The summed E-state index contributed by atoms with van der Waals surface area (Å²) >= 11 is 0. The van der Waals surface area contributed by atoms with Crippen molar-refractivity contribution in [1.82, 2.24) is 15.3 Å². The highest BCUT2D eigenvalue weighted by molar-refractivity contribution is 5.94. The maximum atomic E-state index is 13.1. The molecule has 0 aliphatic carbocycles. The first kappa shape index (κ1) is 17.1. The van der Waals surface area contributed by atoms with Crippen molar-refractivity contribution >= 4 is 17.5 Å². The third-order valence-electron chi connectivity index (χ3n) is 4.06. The van der Waals surface area contributed by atoms with Gasteiger partial charge in [0.15, 0.2) is 0 Å². The lowest BCUT2D eigenvalue weighted by Gasteiger charge is -2.17. The Morgan fingerprint density at radius 3 is 2.76 bits per heavy atom. The molecule has 1 aliphatic rings. The van der Waals surface area contributed by atoms with Crippen molar-refractivity contribution in [1.29, 1.82) is 0 Å². The van der Waals surface area contributed by atoms with E-state index in [0.717, 1.165) is 30.5 Å². The van der Waals surface area contributed by atoms with Crippen molar-refractivity contribution in [3.63, 3.8) is 0 Å². The van der Waals surface area contributed by atoms with Crippen LogP contribution >= 0.6 is 0 Å². The fourth-order valence-electron chi connectivity index (χ4n) is 2.85. The van der Waals surface area contributed by atoms with E-state index in [9.17, 15) is 9.18 Å². The lowest BCUT2D eigenvalue weighted by Crippen LogP contribution is -2.29. The standard InChI is InChI=1S/C18H22FN5O/c1-13-22-16(12-17(23-13)24-9-2-3-10-24)20-7-8-21-18(25)14-5-4-6-15(19)11-14/h4-6,11-12H,2-3,7-10H2,1H3,(H,21,25)(H,20,22,23). The summed E-state index contributed by atoms with van der Waals surface area (Å²) in [5.41, 5.74) is 0.314. The van der Waals surface area contributed by atoms with Gasteiger partial charge in [-0.2, -0.15) is 0 Å². The van der Waals surface area contributed by atoms with Crippen LogP contribution in [-0.4, -0.2) is 42.1 Å². The second kappa shape index (κ2) is 7.92. The normalized spacial score (nSPS) is 13.8. The first-order valence-electron chi connectivity index (χ1n) is 8.50. The number of nitrogens with one attached hydrogen (secondary N) is 2. The zero-order chi connectivity index (χ0) is 17.6. The van der Waals surface area contributed by atoms with Gasteiger partial charge in [-0.1, -0.05) is 6.07 Å². The number of benzene rings is 1. The summed E-state index contributed by atoms with van der Waals surface area (Å²) in [7, 11) is 0. The lowest BCUT2D eigenvalue weighted by molar-refractivity contribution is 0.0954. The number of amides is 1. The smallest absolute Gasteiger partial charge is 0.251 e. The number of rotatable bonds is 6. The van der Waals surface area contributed by atoms with Crippen molar-refractivity contribution in [2.75, 3.05) is 36.4 Å². The second-order valence-corrected chi connectivity index (χ2v) is 6.05. The molecule has 7 heteroatoms. The largest absolute Gasteiger partial charge is 0.368 e. The van der Waals surface area contributed by atoms with Gasteiger partial charge in [0.05, 0.1) is 0 Å². The molecule has 2 heterocycles. The Morgan fingerprint density at radius 1 is 1.20 bits per heavy atom. The Morgan fingerprint density at radius 2 is 2.00 bits per heavy atom. The molecule has 0 spiro atoms. The fourth-order valence-corrected chi connectivity index (χ4v) is 2.85. The van der Waals surface area contributed by atoms with Crippen molar-refractivity contribution < 1.29 is 9.18 Å². The quantitative estimate of drug-likeness (QED) is 0.788. The van der Waals surface area contributed by atoms with E-state index in [1.165, 1.54) is 31.0 Å². The van der Waals surface area contributed by atoms with Crippen LogP contribution in [0.25, 0.3) is 0 Å². The van der Waals surface area contributed by atoms with Crippen LogP contribution in [-0.2, 0) is 0 Å². The van der Waals surface area contributed by atoms with Gasteiger partial charge in [0.25, 0.3) is 5.91 Å². The highest BCUT2D eigenvalue weighted by Gasteiger charge is 2.15. The molecule has 0 saturated carbocycles.